The van der Waals surface area contributed by atoms with Gasteiger partial charge in [-0.05, 0) is 48.4 Å². The maximum Gasteiger partial charge on any atom is 0.247 e. The van der Waals surface area contributed by atoms with E-state index in [4.69, 9.17) is 16.9 Å². The molecule has 22 nitrogen and oxygen atoms in total. The van der Waals surface area contributed by atoms with Crippen molar-refractivity contribution in [1.29, 1.82) is 5.41 Å². The molecule has 368 valence electrons. The van der Waals surface area contributed by atoms with Crippen molar-refractivity contribution in [1.82, 2.24) is 57.5 Å². The number of nitrogens with two attached hydrogens (primary N) is 2. The number of imidazole rings is 1. The molecule has 3 heterocycles. The predicted molar refractivity (Wildman–Crippen MR) is 257 cm³/mol. The van der Waals surface area contributed by atoms with Gasteiger partial charge in [-0.3, -0.25) is 43.8 Å². The topological polar surface area (TPSA) is 353 Å². The lowest BCUT2D eigenvalue weighted by Gasteiger charge is -2.27. The molecule has 6 atom stereocenters. The van der Waals surface area contributed by atoms with Crippen molar-refractivity contribution in [2.45, 2.75) is 87.6 Å². The van der Waals surface area contributed by atoms with Gasteiger partial charge in [0, 0.05) is 55.6 Å². The Kier molecular flexibility index (Phi) is 18.2. The van der Waals surface area contributed by atoms with Gasteiger partial charge in [0.05, 0.1) is 18.4 Å². The van der Waals surface area contributed by atoms with Gasteiger partial charge in [-0.1, -0.05) is 78.9 Å². The first kappa shape index (κ1) is 50.8. The zero-order valence-corrected chi connectivity index (χ0v) is 38.2. The third kappa shape index (κ3) is 15.0. The van der Waals surface area contributed by atoms with Crippen LogP contribution in [-0.4, -0.2) is 111 Å². The first-order valence-electron chi connectivity index (χ1n) is 22.8. The average molecular weight is 959 g/mol. The summed E-state index contributed by atoms with van der Waals surface area (Å²) in [5, 5.41) is 29.9. The minimum absolute atomic E-state index is 0.00386. The summed E-state index contributed by atoms with van der Waals surface area (Å²) in [6.45, 7) is -0.0713. The number of nitrogens with zero attached hydrogens (tertiary/aromatic N) is 1. The van der Waals surface area contributed by atoms with Crippen LogP contribution in [-0.2, 0) is 57.6 Å². The number of aromatic amines is 2. The van der Waals surface area contributed by atoms with Crippen molar-refractivity contribution in [2.24, 2.45) is 11.5 Å². The van der Waals surface area contributed by atoms with Crippen LogP contribution < -0.4 is 54.0 Å². The molecule has 0 aliphatic carbocycles. The normalized spacial score (nSPS) is 20.1. The third-order valence-electron chi connectivity index (χ3n) is 11.6. The largest absolute Gasteiger partial charge is 0.370 e. The van der Waals surface area contributed by atoms with Crippen LogP contribution in [0.15, 0.2) is 104 Å². The highest BCUT2D eigenvalue weighted by Crippen LogP contribution is 2.20. The number of primary amides is 1. The van der Waals surface area contributed by atoms with Gasteiger partial charge in [0.25, 0.3) is 0 Å². The Balaban J connectivity index is 1.32. The fourth-order valence-corrected chi connectivity index (χ4v) is 7.91. The molecule has 1 unspecified atom stereocenters. The van der Waals surface area contributed by atoms with Crippen molar-refractivity contribution in [3.8, 4) is 0 Å². The van der Waals surface area contributed by atoms with Gasteiger partial charge in [-0.15, -0.1) is 0 Å². The number of hydrogen-bond acceptors (Lipinski definition) is 10. The molecule has 0 radical (unpaired) electrons. The van der Waals surface area contributed by atoms with E-state index in [9.17, 15) is 38.4 Å². The Hall–Kier alpha value is -8.56. The summed E-state index contributed by atoms with van der Waals surface area (Å²) in [6.07, 6.45) is 3.73. The molecule has 3 aromatic carbocycles. The highest BCUT2D eigenvalue weighted by atomic mass is 16.2. The number of amides is 8. The predicted octanol–water partition coefficient (Wildman–Crippen LogP) is -0.751. The summed E-state index contributed by atoms with van der Waals surface area (Å²) in [6, 6.07) is 16.1. The van der Waals surface area contributed by atoms with E-state index in [0.29, 0.717) is 22.4 Å². The molecule has 70 heavy (non-hydrogen) atoms. The molecule has 2 aromatic heterocycles. The molecule has 5 aromatic rings. The molecule has 0 saturated carbocycles. The second kappa shape index (κ2) is 25.0. The van der Waals surface area contributed by atoms with E-state index < -0.39 is 83.5 Å². The number of rotatable bonds is 15. The van der Waals surface area contributed by atoms with E-state index in [1.165, 1.54) is 12.5 Å². The first-order valence-corrected chi connectivity index (χ1v) is 22.8. The summed E-state index contributed by atoms with van der Waals surface area (Å²) >= 11 is 0. The third-order valence-corrected chi connectivity index (χ3v) is 11.6. The van der Waals surface area contributed by atoms with Crippen LogP contribution in [0.3, 0.4) is 0 Å². The first-order chi connectivity index (χ1) is 33.7. The molecule has 15 N–H and O–H groups in total. The zero-order valence-electron chi connectivity index (χ0n) is 38.2. The number of fused-ring (bicyclic) bond motifs is 1. The molecule has 0 bridgehead atoms. The van der Waals surface area contributed by atoms with E-state index in [1.807, 2.05) is 24.3 Å². The monoisotopic (exact) mass is 958 g/mol. The lowest BCUT2D eigenvalue weighted by molar-refractivity contribution is -0.135. The molecule has 0 spiro atoms. The second-order valence-electron chi connectivity index (χ2n) is 16.8. The van der Waals surface area contributed by atoms with E-state index in [2.05, 4.69) is 57.5 Å². The van der Waals surface area contributed by atoms with Crippen molar-refractivity contribution < 1.29 is 38.4 Å². The standard InChI is InChI=1S/C48H58N14O8/c49-42(65)37(23-30-25-55-33-15-8-7-14-32(30)33)60-45(68)36-19-21-53-39(63)18-17-35(57-40(64)22-28-10-3-1-4-11-28)44(67)61-38(24-31-26-52-27-56-31)46(69)62-41(29-12-5-2-6-13-29)47(70)59-34(43(66)58-36)16-9-20-54-48(50)51/h1-8,10-15,25-27,34-38,41,55H,9,16-24H2,(H2,49,65)(H,52,56)(H,53,63)(H,57,64)(H,58,66)(H,59,70)(H,60,68)(H,61,67)(H,62,69)(H4,50,51,54)/t34-,35-,36-,37-,38-,41?/m0/s1. The maximum absolute atomic E-state index is 14.5. The summed E-state index contributed by atoms with van der Waals surface area (Å²) in [4.78, 5) is 122. The number of carbonyl (C=O) groups excluding carboxylic acids is 8. The molecular formula is C48H58N14O8. The summed E-state index contributed by atoms with van der Waals surface area (Å²) in [5.41, 5.74) is 14.1. The number of H-pyrrole nitrogens is 2. The van der Waals surface area contributed by atoms with Crippen LogP contribution in [0, 0.1) is 5.41 Å². The molecule has 1 fully saturated rings. The molecule has 1 saturated heterocycles. The van der Waals surface area contributed by atoms with Crippen molar-refractivity contribution in [3.05, 3.63) is 126 Å². The molecule has 22 heteroatoms. The number of carbonyl (C=O) groups is 8. The Morgan fingerprint density at radius 3 is 2.20 bits per heavy atom. The Bertz CT molecular complexity index is 2620. The number of hydrogen-bond donors (Lipinski definition) is 13. The summed E-state index contributed by atoms with van der Waals surface area (Å²) in [7, 11) is 0. The van der Waals surface area contributed by atoms with Gasteiger partial charge in [0.2, 0.25) is 47.3 Å². The van der Waals surface area contributed by atoms with Crippen LogP contribution in [0.25, 0.3) is 10.9 Å². The number of benzene rings is 3. The number of nitrogens with one attached hydrogen (secondary N) is 11. The van der Waals surface area contributed by atoms with E-state index in [0.717, 1.165) is 10.9 Å². The highest BCUT2D eigenvalue weighted by molar-refractivity contribution is 5.98. The number of para-hydroxylation sites is 1. The SMILES string of the molecule is N=C(N)NCCC[C@@H]1NC(=O)C(c2ccccc2)NC(=O)[C@H](Cc2c[nH]cn2)NC(=O)[C@@H](NC(=O)Cc2ccccc2)CCC(=O)NCC[C@@H](C(=O)N[C@@H](Cc2c[nH]c3ccccc23)C(N)=O)NC1=O. The van der Waals surface area contributed by atoms with Crippen molar-refractivity contribution in [2.75, 3.05) is 13.1 Å². The van der Waals surface area contributed by atoms with Crippen LogP contribution in [0.4, 0.5) is 0 Å². The number of aromatic nitrogens is 3. The van der Waals surface area contributed by atoms with Crippen molar-refractivity contribution in [3.63, 3.8) is 0 Å². The fraction of sp³-hybridized carbons (Fsp3) is 0.333. The van der Waals surface area contributed by atoms with Gasteiger partial charge in [-0.2, -0.15) is 0 Å². The van der Waals surface area contributed by atoms with Gasteiger partial charge in [-0.25, -0.2) is 4.98 Å². The van der Waals surface area contributed by atoms with Crippen LogP contribution >= 0.6 is 0 Å². The average Bonchev–Trinajstić information content (AvgIpc) is 4.02. The van der Waals surface area contributed by atoms with Crippen molar-refractivity contribution >= 4 is 64.1 Å². The molecule has 1 aliphatic heterocycles. The van der Waals surface area contributed by atoms with Gasteiger partial charge >= 0.3 is 0 Å². The lowest BCUT2D eigenvalue weighted by Crippen LogP contribution is -2.58. The lowest BCUT2D eigenvalue weighted by atomic mass is 10.0. The zero-order chi connectivity index (χ0) is 50.0. The summed E-state index contributed by atoms with van der Waals surface area (Å²) < 4.78 is 0. The van der Waals surface area contributed by atoms with Crippen LogP contribution in [0.5, 0.6) is 0 Å². The fourth-order valence-electron chi connectivity index (χ4n) is 7.91. The van der Waals surface area contributed by atoms with Crippen LogP contribution in [0.2, 0.25) is 0 Å². The van der Waals surface area contributed by atoms with E-state index >= 15 is 0 Å². The van der Waals surface area contributed by atoms with E-state index in [-0.39, 0.29) is 70.4 Å². The Morgan fingerprint density at radius 1 is 0.786 bits per heavy atom. The Morgan fingerprint density at radius 2 is 1.49 bits per heavy atom. The minimum Gasteiger partial charge on any atom is -0.370 e. The minimum atomic E-state index is -1.46. The second-order valence-corrected chi connectivity index (χ2v) is 16.8. The van der Waals surface area contributed by atoms with Crippen LogP contribution in [0.1, 0.15) is 60.5 Å². The smallest absolute Gasteiger partial charge is 0.247 e. The van der Waals surface area contributed by atoms with E-state index in [1.54, 1.807) is 66.9 Å². The highest BCUT2D eigenvalue weighted by Gasteiger charge is 2.35. The maximum atomic E-state index is 14.5. The van der Waals surface area contributed by atoms with Gasteiger partial charge < -0.3 is 64.0 Å². The molecular weight excluding hydrogens is 901 g/mol. The molecule has 6 rings (SSSR count). The molecule has 1 aliphatic rings. The number of guanidine groups is 1. The summed E-state index contributed by atoms with van der Waals surface area (Å²) in [5.74, 6) is -6.41. The quantitative estimate of drug-likeness (QED) is 0.0352. The van der Waals surface area contributed by atoms with Gasteiger partial charge in [0.15, 0.2) is 5.96 Å². The molecule has 8 amide bonds. The Labute approximate surface area is 402 Å². The van der Waals surface area contributed by atoms with Gasteiger partial charge in [0.1, 0.15) is 36.3 Å².